The van der Waals surface area contributed by atoms with Crippen LogP contribution in [-0.4, -0.2) is 35.3 Å². The fraction of sp³-hybridized carbons (Fsp3) is 0.444. The van der Waals surface area contributed by atoms with Crippen molar-refractivity contribution in [3.8, 4) is 28.6 Å². The lowest BCUT2D eigenvalue weighted by atomic mass is 10.1. The van der Waals surface area contributed by atoms with Crippen LogP contribution < -0.4 is 19.2 Å². The smallest absolute Gasteiger partial charge is 0.278 e. The Kier molecular flexibility index (Phi) is 7.64. The first kappa shape index (κ1) is 22.0. The van der Waals surface area contributed by atoms with E-state index >= 15 is 0 Å². The Bertz CT molecular complexity index is 855. The molecule has 28 heavy (non-hydrogen) atoms. The van der Waals surface area contributed by atoms with Crippen LogP contribution in [0.5, 0.6) is 17.4 Å². The van der Waals surface area contributed by atoms with Crippen molar-refractivity contribution >= 4 is 12.3 Å². The fourth-order valence-electron chi connectivity index (χ4n) is 2.19. The summed E-state index contributed by atoms with van der Waals surface area (Å²) in [6, 6.07) is 4.48. The third-order valence-corrected chi connectivity index (χ3v) is 3.99. The molecule has 0 atom stereocenters. The molecular formula is C18H22F2N2O5S. The van der Waals surface area contributed by atoms with Crippen LogP contribution in [-0.2, 0) is 11.2 Å². The highest BCUT2D eigenvalue weighted by atomic mass is 32.2. The van der Waals surface area contributed by atoms with Crippen molar-refractivity contribution in [1.82, 2.24) is 9.55 Å². The molecule has 0 fully saturated rings. The summed E-state index contributed by atoms with van der Waals surface area (Å²) >= 11 is 0.754. The van der Waals surface area contributed by atoms with Crippen molar-refractivity contribution in [1.29, 1.82) is 0 Å². The minimum Gasteiger partial charge on any atom is -0.492 e. The molecule has 2 aromatic rings. The molecule has 0 saturated carbocycles. The van der Waals surface area contributed by atoms with Crippen LogP contribution in [0.15, 0.2) is 29.2 Å². The molecule has 0 aliphatic heterocycles. The molecule has 2 rings (SSSR count). The van der Waals surface area contributed by atoms with E-state index in [1.165, 1.54) is 25.4 Å². The zero-order chi connectivity index (χ0) is 20.7. The molecule has 2 heterocycles. The Morgan fingerprint density at radius 2 is 1.96 bits per heavy atom. The average molecular weight is 416 g/mol. The van der Waals surface area contributed by atoms with Gasteiger partial charge >= 0.3 is 0 Å². The third kappa shape index (κ3) is 5.83. The molecule has 0 aliphatic rings. The molecule has 0 spiro atoms. The molecule has 0 aromatic carbocycles. The van der Waals surface area contributed by atoms with Gasteiger partial charge in [-0.15, -0.1) is 0 Å². The topological polar surface area (TPSA) is 71.8 Å². The quantitative estimate of drug-likeness (QED) is 0.430. The Labute approximate surface area is 166 Å². The second kappa shape index (κ2) is 9.74. The lowest BCUT2D eigenvalue weighted by Crippen LogP contribution is -2.26. The molecule has 0 radical (unpaired) electrons. The molecule has 0 N–H and O–H groups in total. The van der Waals surface area contributed by atoms with Crippen molar-refractivity contribution < 1.29 is 26.6 Å². The highest BCUT2D eigenvalue weighted by molar-refractivity contribution is 7.90. The van der Waals surface area contributed by atoms with Crippen LogP contribution in [0.1, 0.15) is 20.8 Å². The van der Waals surface area contributed by atoms with E-state index in [1.54, 1.807) is 13.0 Å². The summed E-state index contributed by atoms with van der Waals surface area (Å²) in [7, 11) is 1.43. The Morgan fingerprint density at radius 3 is 2.61 bits per heavy atom. The van der Waals surface area contributed by atoms with E-state index in [0.29, 0.717) is 19.0 Å². The van der Waals surface area contributed by atoms with E-state index in [2.05, 4.69) is 4.98 Å². The minimum absolute atomic E-state index is 0.0207. The summed E-state index contributed by atoms with van der Waals surface area (Å²) in [5.41, 5.74) is 0.0109. The summed E-state index contributed by atoms with van der Waals surface area (Å²) in [4.78, 5) is 17.0. The summed E-state index contributed by atoms with van der Waals surface area (Å²) in [5.74, 6) is -2.24. The first-order chi connectivity index (χ1) is 13.3. The normalized spacial score (nSPS) is 11.4. The van der Waals surface area contributed by atoms with Gasteiger partial charge in [0.25, 0.3) is 11.5 Å². The maximum atomic E-state index is 13.0. The van der Waals surface area contributed by atoms with Crippen molar-refractivity contribution in [2.45, 2.75) is 26.7 Å². The highest BCUT2D eigenvalue weighted by Crippen LogP contribution is 2.32. The lowest BCUT2D eigenvalue weighted by Gasteiger charge is -2.16. The van der Waals surface area contributed by atoms with E-state index in [-0.39, 0.29) is 22.9 Å². The Hall–Kier alpha value is -2.33. The van der Waals surface area contributed by atoms with Crippen LogP contribution in [0.25, 0.3) is 11.3 Å². The summed E-state index contributed by atoms with van der Waals surface area (Å²) in [6.07, 6.45) is 1.47. The predicted molar refractivity (Wildman–Crippen MR) is 102 cm³/mol. The number of rotatable bonds is 10. The van der Waals surface area contributed by atoms with Gasteiger partial charge in [-0.25, -0.2) is 13.8 Å². The second-order valence-corrected chi connectivity index (χ2v) is 6.36. The SMILES string of the molecule is CCOSOc1cc(OCC)cnc1-c1ccc(OCC(C)(F)F)n(C)c1=O. The standard InChI is InChI=1S/C18H22F2N2O5S/c1-5-24-12-9-14(27-28-26-6-2)16(21-10-12)13-7-8-15(22(4)17(13)23)25-11-18(3,19)20/h7-10H,5-6,11H2,1-4H3. The van der Waals surface area contributed by atoms with Gasteiger partial charge in [-0.1, -0.05) is 0 Å². The number of ether oxygens (including phenoxy) is 2. The molecule has 2 aromatic heterocycles. The first-order valence-corrected chi connectivity index (χ1v) is 9.23. The van der Waals surface area contributed by atoms with Gasteiger partial charge in [0.05, 0.1) is 25.0 Å². The van der Waals surface area contributed by atoms with Crippen LogP contribution in [0.4, 0.5) is 8.78 Å². The lowest BCUT2D eigenvalue weighted by molar-refractivity contribution is -0.0252. The van der Waals surface area contributed by atoms with Crippen molar-refractivity contribution in [2.24, 2.45) is 7.05 Å². The number of halogens is 2. The van der Waals surface area contributed by atoms with Crippen LogP contribution >= 0.6 is 12.3 Å². The molecule has 0 saturated heterocycles. The van der Waals surface area contributed by atoms with E-state index in [4.69, 9.17) is 17.8 Å². The molecule has 154 valence electrons. The van der Waals surface area contributed by atoms with Crippen molar-refractivity contribution in [3.05, 3.63) is 34.7 Å². The predicted octanol–water partition coefficient (Wildman–Crippen LogP) is 3.86. The zero-order valence-electron chi connectivity index (χ0n) is 16.0. The van der Waals surface area contributed by atoms with Gasteiger partial charge in [0.15, 0.2) is 18.2 Å². The largest absolute Gasteiger partial charge is 0.492 e. The monoisotopic (exact) mass is 416 g/mol. The van der Waals surface area contributed by atoms with E-state index in [9.17, 15) is 13.6 Å². The Balaban J connectivity index is 2.40. The maximum absolute atomic E-state index is 13.0. The molecule has 10 heteroatoms. The van der Waals surface area contributed by atoms with Crippen LogP contribution in [0.3, 0.4) is 0 Å². The zero-order valence-corrected chi connectivity index (χ0v) is 16.8. The molecular weight excluding hydrogens is 394 g/mol. The molecule has 7 nitrogen and oxygen atoms in total. The molecule has 0 amide bonds. The number of aromatic nitrogens is 2. The average Bonchev–Trinajstić information content (AvgIpc) is 2.63. The van der Waals surface area contributed by atoms with Gasteiger partial charge in [-0.05, 0) is 26.0 Å². The molecule has 0 aliphatic carbocycles. The summed E-state index contributed by atoms with van der Waals surface area (Å²) in [5, 5.41) is 0. The van der Waals surface area contributed by atoms with Gasteiger partial charge in [-0.2, -0.15) is 0 Å². The third-order valence-electron chi connectivity index (χ3n) is 3.42. The molecule has 0 bridgehead atoms. The number of hydrogen-bond donors (Lipinski definition) is 0. The van der Waals surface area contributed by atoms with Gasteiger partial charge in [0, 0.05) is 20.0 Å². The Morgan fingerprint density at radius 1 is 1.21 bits per heavy atom. The van der Waals surface area contributed by atoms with E-state index in [1.807, 2.05) is 6.92 Å². The van der Waals surface area contributed by atoms with Crippen LogP contribution in [0, 0.1) is 0 Å². The van der Waals surface area contributed by atoms with E-state index in [0.717, 1.165) is 23.8 Å². The minimum atomic E-state index is -3.01. The van der Waals surface area contributed by atoms with E-state index < -0.39 is 18.1 Å². The summed E-state index contributed by atoms with van der Waals surface area (Å²) in [6.45, 7) is 4.41. The molecule has 0 unspecified atom stereocenters. The number of hydrogen-bond acceptors (Lipinski definition) is 7. The fourth-order valence-corrected chi connectivity index (χ4v) is 2.54. The van der Waals surface area contributed by atoms with Gasteiger partial charge in [0.1, 0.15) is 11.4 Å². The van der Waals surface area contributed by atoms with Crippen molar-refractivity contribution in [2.75, 3.05) is 19.8 Å². The maximum Gasteiger partial charge on any atom is 0.278 e. The van der Waals surface area contributed by atoms with Gasteiger partial charge in [0.2, 0.25) is 12.3 Å². The number of pyridine rings is 2. The van der Waals surface area contributed by atoms with Crippen molar-refractivity contribution in [3.63, 3.8) is 0 Å². The highest BCUT2D eigenvalue weighted by Gasteiger charge is 2.23. The van der Waals surface area contributed by atoms with Gasteiger partial charge in [-0.3, -0.25) is 13.5 Å². The van der Waals surface area contributed by atoms with Crippen LogP contribution in [0.2, 0.25) is 0 Å². The second-order valence-electron chi connectivity index (χ2n) is 5.82. The first-order valence-electron chi connectivity index (χ1n) is 8.56. The number of alkyl halides is 2. The summed E-state index contributed by atoms with van der Waals surface area (Å²) < 4.78 is 48.3. The van der Waals surface area contributed by atoms with Gasteiger partial charge < -0.3 is 13.7 Å². The number of nitrogens with zero attached hydrogens (tertiary/aromatic N) is 2.